The summed E-state index contributed by atoms with van der Waals surface area (Å²) in [6.45, 7) is 8.25. The molecular weight excluding hydrogens is 304 g/mol. The number of hydrogen-bond donors (Lipinski definition) is 2. The molecule has 1 heterocycles. The van der Waals surface area contributed by atoms with Crippen molar-refractivity contribution in [3.8, 4) is 0 Å². The molecular formula is C19H30N2O3. The average Bonchev–Trinajstić information content (AvgIpc) is 2.59. The Morgan fingerprint density at radius 3 is 2.54 bits per heavy atom. The van der Waals surface area contributed by atoms with E-state index in [0.717, 1.165) is 18.4 Å². The molecule has 5 heteroatoms. The zero-order valence-electron chi connectivity index (χ0n) is 15.0. The number of piperidine rings is 1. The molecule has 1 fully saturated rings. The Hall–Kier alpha value is -1.59. The van der Waals surface area contributed by atoms with Gasteiger partial charge in [-0.15, -0.1) is 0 Å². The van der Waals surface area contributed by atoms with Gasteiger partial charge in [0.05, 0.1) is 12.2 Å². The first-order valence-corrected chi connectivity index (χ1v) is 8.81. The number of carbonyl (C=O) groups excluding carboxylic acids is 1. The van der Waals surface area contributed by atoms with Crippen LogP contribution in [0.2, 0.25) is 0 Å². The number of nitrogens with one attached hydrogen (secondary N) is 1. The molecule has 1 aliphatic heterocycles. The van der Waals surface area contributed by atoms with Crippen molar-refractivity contribution < 1.29 is 14.6 Å². The summed E-state index contributed by atoms with van der Waals surface area (Å²) in [6, 6.07) is 10.0. The number of amides is 1. The minimum absolute atomic E-state index is 0.210. The smallest absolute Gasteiger partial charge is 0.409 e. The standard InChI is InChI=1S/C19H30N2O3/c1-15(2)13-24-18(22)21-11-9-17(10-12-21)20-14-19(3,23)16-7-5-4-6-8-16/h4-8,15,17,20,23H,9-14H2,1-3H3. The second kappa shape index (κ2) is 8.49. The van der Waals surface area contributed by atoms with Crippen LogP contribution in [-0.4, -0.2) is 48.4 Å². The van der Waals surface area contributed by atoms with Gasteiger partial charge < -0.3 is 20.1 Å². The van der Waals surface area contributed by atoms with Gasteiger partial charge in [0.2, 0.25) is 0 Å². The summed E-state index contributed by atoms with van der Waals surface area (Å²) in [4.78, 5) is 13.7. The molecule has 5 nitrogen and oxygen atoms in total. The van der Waals surface area contributed by atoms with Gasteiger partial charge in [-0.1, -0.05) is 44.2 Å². The molecule has 0 bridgehead atoms. The summed E-state index contributed by atoms with van der Waals surface area (Å²) in [5.74, 6) is 0.355. The Labute approximate surface area is 145 Å². The lowest BCUT2D eigenvalue weighted by molar-refractivity contribution is 0.0479. The van der Waals surface area contributed by atoms with Gasteiger partial charge in [-0.3, -0.25) is 0 Å². The van der Waals surface area contributed by atoms with Gasteiger partial charge in [0, 0.05) is 25.7 Å². The first-order valence-electron chi connectivity index (χ1n) is 8.81. The molecule has 0 radical (unpaired) electrons. The molecule has 0 aromatic heterocycles. The Morgan fingerprint density at radius 2 is 1.96 bits per heavy atom. The lowest BCUT2D eigenvalue weighted by atomic mass is 9.95. The van der Waals surface area contributed by atoms with E-state index < -0.39 is 5.60 Å². The molecule has 134 valence electrons. The fourth-order valence-corrected chi connectivity index (χ4v) is 2.84. The van der Waals surface area contributed by atoms with Crippen molar-refractivity contribution in [1.29, 1.82) is 0 Å². The predicted molar refractivity (Wildman–Crippen MR) is 94.8 cm³/mol. The van der Waals surface area contributed by atoms with Crippen LogP contribution in [0.5, 0.6) is 0 Å². The number of aliphatic hydroxyl groups is 1. The number of hydrogen-bond acceptors (Lipinski definition) is 4. The SMILES string of the molecule is CC(C)COC(=O)N1CCC(NCC(C)(O)c2ccccc2)CC1. The highest BCUT2D eigenvalue weighted by Gasteiger charge is 2.27. The van der Waals surface area contributed by atoms with Crippen LogP contribution in [0.25, 0.3) is 0 Å². The van der Waals surface area contributed by atoms with Crippen molar-refractivity contribution in [2.24, 2.45) is 5.92 Å². The molecule has 1 aromatic carbocycles. The molecule has 0 spiro atoms. The normalized spacial score (nSPS) is 18.5. The average molecular weight is 334 g/mol. The Morgan fingerprint density at radius 1 is 1.33 bits per heavy atom. The maximum atomic E-state index is 12.0. The minimum Gasteiger partial charge on any atom is -0.449 e. The van der Waals surface area contributed by atoms with Crippen molar-refractivity contribution in [2.45, 2.75) is 45.3 Å². The molecule has 0 aliphatic carbocycles. The summed E-state index contributed by atoms with van der Waals surface area (Å²) in [5.41, 5.74) is 0.0152. The monoisotopic (exact) mass is 334 g/mol. The summed E-state index contributed by atoms with van der Waals surface area (Å²) in [5, 5.41) is 14.1. The molecule has 1 saturated heterocycles. The van der Waals surface area contributed by atoms with E-state index in [1.54, 1.807) is 4.90 Å². The topological polar surface area (TPSA) is 61.8 Å². The van der Waals surface area contributed by atoms with Crippen LogP contribution >= 0.6 is 0 Å². The molecule has 2 rings (SSSR count). The van der Waals surface area contributed by atoms with Gasteiger partial charge in [0.25, 0.3) is 0 Å². The van der Waals surface area contributed by atoms with Crippen molar-refractivity contribution in [1.82, 2.24) is 10.2 Å². The highest BCUT2D eigenvalue weighted by Crippen LogP contribution is 2.20. The quantitative estimate of drug-likeness (QED) is 0.840. The van der Waals surface area contributed by atoms with Crippen LogP contribution in [0.4, 0.5) is 4.79 Å². The second-order valence-corrected chi connectivity index (χ2v) is 7.25. The first-order chi connectivity index (χ1) is 11.4. The molecule has 1 amide bonds. The Balaban J connectivity index is 1.74. The number of carbonyl (C=O) groups is 1. The van der Waals surface area contributed by atoms with E-state index in [1.807, 2.05) is 51.1 Å². The lowest BCUT2D eigenvalue weighted by Crippen LogP contribution is -2.48. The third-order valence-electron chi connectivity index (χ3n) is 4.42. The van der Waals surface area contributed by atoms with Crippen molar-refractivity contribution in [3.63, 3.8) is 0 Å². The van der Waals surface area contributed by atoms with Gasteiger partial charge in [0.15, 0.2) is 0 Å². The molecule has 1 aliphatic rings. The fraction of sp³-hybridized carbons (Fsp3) is 0.632. The van der Waals surface area contributed by atoms with Gasteiger partial charge >= 0.3 is 6.09 Å². The van der Waals surface area contributed by atoms with E-state index in [4.69, 9.17) is 4.74 Å². The molecule has 0 saturated carbocycles. The fourth-order valence-electron chi connectivity index (χ4n) is 2.84. The first kappa shape index (κ1) is 18.7. The third kappa shape index (κ3) is 5.49. The van der Waals surface area contributed by atoms with Crippen molar-refractivity contribution >= 4 is 6.09 Å². The zero-order chi connectivity index (χ0) is 17.6. The van der Waals surface area contributed by atoms with Crippen LogP contribution in [-0.2, 0) is 10.3 Å². The highest BCUT2D eigenvalue weighted by atomic mass is 16.6. The Kier molecular flexibility index (Phi) is 6.63. The van der Waals surface area contributed by atoms with E-state index in [-0.39, 0.29) is 6.09 Å². The number of ether oxygens (including phenoxy) is 1. The highest BCUT2D eigenvalue weighted by molar-refractivity contribution is 5.67. The van der Waals surface area contributed by atoms with Crippen LogP contribution in [0, 0.1) is 5.92 Å². The van der Waals surface area contributed by atoms with Crippen LogP contribution in [0.1, 0.15) is 39.2 Å². The van der Waals surface area contributed by atoms with Gasteiger partial charge in [0.1, 0.15) is 0 Å². The summed E-state index contributed by atoms with van der Waals surface area (Å²) in [7, 11) is 0. The van der Waals surface area contributed by atoms with Gasteiger partial charge in [-0.05, 0) is 31.2 Å². The van der Waals surface area contributed by atoms with Crippen molar-refractivity contribution in [3.05, 3.63) is 35.9 Å². The van der Waals surface area contributed by atoms with Crippen LogP contribution < -0.4 is 5.32 Å². The van der Waals surface area contributed by atoms with Gasteiger partial charge in [-0.25, -0.2) is 4.79 Å². The van der Waals surface area contributed by atoms with E-state index in [1.165, 1.54) is 0 Å². The number of nitrogens with zero attached hydrogens (tertiary/aromatic N) is 1. The maximum Gasteiger partial charge on any atom is 0.409 e. The molecule has 1 atom stereocenters. The largest absolute Gasteiger partial charge is 0.449 e. The Bertz CT molecular complexity index is 509. The maximum absolute atomic E-state index is 12.0. The van der Waals surface area contributed by atoms with Crippen LogP contribution in [0.15, 0.2) is 30.3 Å². The van der Waals surface area contributed by atoms with Gasteiger partial charge in [-0.2, -0.15) is 0 Å². The van der Waals surface area contributed by atoms with Crippen LogP contribution in [0.3, 0.4) is 0 Å². The molecule has 24 heavy (non-hydrogen) atoms. The lowest BCUT2D eigenvalue weighted by Gasteiger charge is -2.34. The molecule has 1 unspecified atom stereocenters. The summed E-state index contributed by atoms with van der Waals surface area (Å²) >= 11 is 0. The van der Waals surface area contributed by atoms with E-state index in [2.05, 4.69) is 5.32 Å². The summed E-state index contributed by atoms with van der Waals surface area (Å²) in [6.07, 6.45) is 1.54. The molecule has 1 aromatic rings. The molecule has 2 N–H and O–H groups in total. The van der Waals surface area contributed by atoms with E-state index in [0.29, 0.717) is 38.2 Å². The second-order valence-electron chi connectivity index (χ2n) is 7.25. The van der Waals surface area contributed by atoms with E-state index in [9.17, 15) is 9.90 Å². The number of benzene rings is 1. The summed E-state index contributed by atoms with van der Waals surface area (Å²) < 4.78 is 5.28. The predicted octanol–water partition coefficient (Wildman–Crippen LogP) is 2.74. The minimum atomic E-state index is -0.894. The number of likely N-dealkylation sites (tertiary alicyclic amines) is 1. The van der Waals surface area contributed by atoms with Crippen molar-refractivity contribution in [2.75, 3.05) is 26.2 Å². The third-order valence-corrected chi connectivity index (χ3v) is 4.42. The van der Waals surface area contributed by atoms with E-state index >= 15 is 0 Å². The number of rotatable bonds is 6. The zero-order valence-corrected chi connectivity index (χ0v) is 15.0.